The molecular formula is C26H26N2O4S. The number of carbonyl (C=O) groups is 1. The van der Waals surface area contributed by atoms with Crippen molar-refractivity contribution >= 4 is 21.7 Å². The molecule has 1 aliphatic carbocycles. The van der Waals surface area contributed by atoms with E-state index in [2.05, 4.69) is 22.1 Å². The molecule has 0 saturated heterocycles. The standard InChI is InChI=1S/C26H26N2O4S/c1-19-13-15-21(16-14-19)33(30,31)28-27-25-18-24(22-11-5-6-12-23(22)25)26(29)32-17-7-10-20-8-3-2-4-9-20/h2-6,8-9,11-16,24,28H,7,10,17-18H2,1H3/b27-25-. The quantitative estimate of drug-likeness (QED) is 0.307. The zero-order valence-electron chi connectivity index (χ0n) is 18.4. The molecule has 1 unspecified atom stereocenters. The maximum atomic E-state index is 12.8. The maximum absolute atomic E-state index is 12.8. The second-order valence-corrected chi connectivity index (χ2v) is 9.73. The van der Waals surface area contributed by atoms with E-state index in [1.807, 2.05) is 49.4 Å². The van der Waals surface area contributed by atoms with E-state index < -0.39 is 15.9 Å². The molecule has 1 N–H and O–H groups in total. The third-order valence-electron chi connectivity index (χ3n) is 5.66. The van der Waals surface area contributed by atoms with Crippen LogP contribution < -0.4 is 4.83 Å². The highest BCUT2D eigenvalue weighted by Crippen LogP contribution is 2.34. The van der Waals surface area contributed by atoms with Crippen LogP contribution in [0.2, 0.25) is 0 Å². The minimum atomic E-state index is -3.80. The average Bonchev–Trinajstić information content (AvgIpc) is 3.20. The summed E-state index contributed by atoms with van der Waals surface area (Å²) in [5, 5.41) is 4.17. The Kier molecular flexibility index (Phi) is 6.89. The molecule has 6 nitrogen and oxygen atoms in total. The highest BCUT2D eigenvalue weighted by Gasteiger charge is 2.34. The van der Waals surface area contributed by atoms with E-state index in [9.17, 15) is 13.2 Å². The summed E-state index contributed by atoms with van der Waals surface area (Å²) in [5.74, 6) is -0.817. The summed E-state index contributed by atoms with van der Waals surface area (Å²) in [6.07, 6.45) is 1.86. The fourth-order valence-corrected chi connectivity index (χ4v) is 4.70. The molecule has 3 aromatic carbocycles. The molecule has 3 aromatic rings. The minimum Gasteiger partial charge on any atom is -0.465 e. The van der Waals surface area contributed by atoms with Crippen molar-refractivity contribution in [1.82, 2.24) is 4.83 Å². The molecule has 0 spiro atoms. The minimum absolute atomic E-state index is 0.137. The molecule has 0 fully saturated rings. The van der Waals surface area contributed by atoms with E-state index in [1.165, 1.54) is 17.7 Å². The number of ether oxygens (including phenoxy) is 1. The highest BCUT2D eigenvalue weighted by atomic mass is 32.2. The summed E-state index contributed by atoms with van der Waals surface area (Å²) in [7, 11) is -3.80. The molecule has 0 aliphatic heterocycles. The van der Waals surface area contributed by atoms with E-state index in [1.54, 1.807) is 12.1 Å². The Balaban J connectivity index is 1.42. The van der Waals surface area contributed by atoms with Gasteiger partial charge < -0.3 is 4.74 Å². The Morgan fingerprint density at radius 2 is 1.70 bits per heavy atom. The fraction of sp³-hybridized carbons (Fsp3) is 0.231. The first-order valence-corrected chi connectivity index (χ1v) is 12.4. The lowest BCUT2D eigenvalue weighted by atomic mass is 10.0. The van der Waals surface area contributed by atoms with Gasteiger partial charge >= 0.3 is 5.97 Å². The Hall–Kier alpha value is -3.45. The molecule has 0 radical (unpaired) electrons. The molecule has 0 bridgehead atoms. The molecule has 0 saturated carbocycles. The molecular weight excluding hydrogens is 436 g/mol. The van der Waals surface area contributed by atoms with Gasteiger partial charge in [0.2, 0.25) is 0 Å². The highest BCUT2D eigenvalue weighted by molar-refractivity contribution is 7.89. The summed E-state index contributed by atoms with van der Waals surface area (Å²) in [4.78, 5) is 15.3. The third kappa shape index (κ3) is 5.49. The summed E-state index contributed by atoms with van der Waals surface area (Å²) >= 11 is 0. The van der Waals surface area contributed by atoms with Crippen LogP contribution in [0.4, 0.5) is 0 Å². The second kappa shape index (κ2) is 10.0. The largest absolute Gasteiger partial charge is 0.465 e. The van der Waals surface area contributed by atoms with Crippen molar-refractivity contribution in [3.05, 3.63) is 101 Å². The third-order valence-corrected chi connectivity index (χ3v) is 6.88. The lowest BCUT2D eigenvalue weighted by Gasteiger charge is -2.11. The summed E-state index contributed by atoms with van der Waals surface area (Å²) < 4.78 is 30.8. The molecule has 0 amide bonds. The van der Waals surface area contributed by atoms with Gasteiger partial charge in [-0.3, -0.25) is 4.79 Å². The first-order chi connectivity index (χ1) is 15.9. The van der Waals surface area contributed by atoms with E-state index in [0.29, 0.717) is 12.3 Å². The van der Waals surface area contributed by atoms with Crippen molar-refractivity contribution in [3.8, 4) is 0 Å². The first kappa shape index (κ1) is 22.7. The Morgan fingerprint density at radius 3 is 2.45 bits per heavy atom. The van der Waals surface area contributed by atoms with Crippen LogP contribution in [0.5, 0.6) is 0 Å². The number of nitrogens with zero attached hydrogens (tertiary/aromatic N) is 1. The van der Waals surface area contributed by atoms with Gasteiger partial charge in [0, 0.05) is 12.0 Å². The Bertz CT molecular complexity index is 1250. The van der Waals surface area contributed by atoms with Gasteiger partial charge in [-0.15, -0.1) is 0 Å². The molecule has 1 atom stereocenters. The molecule has 4 rings (SSSR count). The topological polar surface area (TPSA) is 84.8 Å². The molecule has 0 aromatic heterocycles. The number of sulfonamides is 1. The smallest absolute Gasteiger partial charge is 0.313 e. The van der Waals surface area contributed by atoms with E-state index >= 15 is 0 Å². The molecule has 0 heterocycles. The molecule has 7 heteroatoms. The number of fused-ring (bicyclic) bond motifs is 1. The number of carbonyl (C=O) groups excluding carboxylic acids is 1. The van der Waals surface area contributed by atoms with Crippen LogP contribution in [0.15, 0.2) is 88.9 Å². The lowest BCUT2D eigenvalue weighted by molar-refractivity contribution is -0.145. The van der Waals surface area contributed by atoms with Crippen molar-refractivity contribution < 1.29 is 17.9 Å². The van der Waals surface area contributed by atoms with Crippen LogP contribution in [0, 0.1) is 6.92 Å². The van der Waals surface area contributed by atoms with E-state index in [0.717, 1.165) is 29.5 Å². The number of nitrogens with one attached hydrogen (secondary N) is 1. The van der Waals surface area contributed by atoms with E-state index in [-0.39, 0.29) is 17.3 Å². The fourth-order valence-electron chi connectivity index (χ4n) is 3.87. The van der Waals surface area contributed by atoms with Crippen molar-refractivity contribution in [2.75, 3.05) is 6.61 Å². The molecule has 170 valence electrons. The Labute approximate surface area is 194 Å². The SMILES string of the molecule is Cc1ccc(S(=O)(=O)N/N=C2/CC(C(=O)OCCCc3ccccc3)c3ccccc32)cc1. The van der Waals surface area contributed by atoms with Crippen LogP contribution in [-0.4, -0.2) is 26.7 Å². The number of hydrazone groups is 1. The second-order valence-electron chi connectivity index (χ2n) is 8.07. The number of benzene rings is 3. The average molecular weight is 463 g/mol. The van der Waals surface area contributed by atoms with Gasteiger partial charge in [0.1, 0.15) is 0 Å². The van der Waals surface area contributed by atoms with Gasteiger partial charge in [-0.05, 0) is 43.0 Å². The van der Waals surface area contributed by atoms with Gasteiger partial charge in [-0.25, -0.2) is 0 Å². The predicted octanol–water partition coefficient (Wildman–Crippen LogP) is 4.34. The zero-order valence-corrected chi connectivity index (χ0v) is 19.2. The van der Waals surface area contributed by atoms with Crippen LogP contribution in [0.1, 0.15) is 41.0 Å². The number of hydrogen-bond donors (Lipinski definition) is 1. The van der Waals surface area contributed by atoms with Gasteiger partial charge in [0.05, 0.1) is 23.1 Å². The number of aryl methyl sites for hydroxylation is 2. The van der Waals surface area contributed by atoms with Gasteiger partial charge in [0.25, 0.3) is 10.0 Å². The van der Waals surface area contributed by atoms with Crippen LogP contribution in [-0.2, 0) is 26.0 Å². The van der Waals surface area contributed by atoms with Gasteiger partial charge in [0.15, 0.2) is 0 Å². The molecule has 1 aliphatic rings. The number of hydrogen-bond acceptors (Lipinski definition) is 5. The Morgan fingerprint density at radius 1 is 1.00 bits per heavy atom. The van der Waals surface area contributed by atoms with Crippen molar-refractivity contribution in [1.29, 1.82) is 0 Å². The van der Waals surface area contributed by atoms with Crippen molar-refractivity contribution in [2.45, 2.75) is 37.0 Å². The van der Waals surface area contributed by atoms with Crippen LogP contribution in [0.25, 0.3) is 0 Å². The predicted molar refractivity (Wildman–Crippen MR) is 128 cm³/mol. The summed E-state index contributed by atoms with van der Waals surface area (Å²) in [6.45, 7) is 2.22. The maximum Gasteiger partial charge on any atom is 0.313 e. The summed E-state index contributed by atoms with van der Waals surface area (Å²) in [5.41, 5.74) is 4.26. The van der Waals surface area contributed by atoms with Crippen molar-refractivity contribution in [2.24, 2.45) is 5.10 Å². The lowest BCUT2D eigenvalue weighted by Crippen LogP contribution is -2.20. The van der Waals surface area contributed by atoms with Crippen LogP contribution >= 0.6 is 0 Å². The van der Waals surface area contributed by atoms with Gasteiger partial charge in [-0.1, -0.05) is 72.3 Å². The van der Waals surface area contributed by atoms with Gasteiger partial charge in [-0.2, -0.15) is 18.4 Å². The number of rotatable bonds is 8. The first-order valence-electron chi connectivity index (χ1n) is 10.9. The normalized spacial score (nSPS) is 16.4. The van der Waals surface area contributed by atoms with Crippen LogP contribution in [0.3, 0.4) is 0 Å². The van der Waals surface area contributed by atoms with Crippen molar-refractivity contribution in [3.63, 3.8) is 0 Å². The number of esters is 1. The monoisotopic (exact) mass is 462 g/mol. The van der Waals surface area contributed by atoms with E-state index in [4.69, 9.17) is 4.74 Å². The zero-order chi connectivity index (χ0) is 23.3. The summed E-state index contributed by atoms with van der Waals surface area (Å²) in [6, 6.07) is 24.0. The molecule has 33 heavy (non-hydrogen) atoms.